The van der Waals surface area contributed by atoms with Gasteiger partial charge in [0, 0.05) is 13.6 Å². The quantitative estimate of drug-likeness (QED) is 0.480. The van der Waals surface area contributed by atoms with E-state index in [-0.39, 0.29) is 24.7 Å². The molecule has 0 saturated carbocycles. The maximum absolute atomic E-state index is 12.1. The SMILES string of the molecule is CN(c1nc(C(=O)NCC(O)C(O)CC(C#N)Cc2ccccc2)co1)S(C)(=O)=O. The Morgan fingerprint density at radius 2 is 1.97 bits per heavy atom. The Labute approximate surface area is 174 Å². The second-order valence-corrected chi connectivity index (χ2v) is 8.86. The average Bonchev–Trinajstić information content (AvgIpc) is 3.20. The summed E-state index contributed by atoms with van der Waals surface area (Å²) in [4.78, 5) is 15.9. The first-order valence-corrected chi connectivity index (χ1v) is 10.9. The Morgan fingerprint density at radius 3 is 2.57 bits per heavy atom. The van der Waals surface area contributed by atoms with Gasteiger partial charge in [0.25, 0.3) is 5.91 Å². The van der Waals surface area contributed by atoms with Gasteiger partial charge in [0.15, 0.2) is 5.69 Å². The molecule has 0 spiro atoms. The zero-order chi connectivity index (χ0) is 22.3. The fourth-order valence-corrected chi connectivity index (χ4v) is 2.98. The monoisotopic (exact) mass is 436 g/mol. The lowest BCUT2D eigenvalue weighted by Gasteiger charge is -2.20. The number of hydrogen-bond acceptors (Lipinski definition) is 8. The van der Waals surface area contributed by atoms with Gasteiger partial charge < -0.3 is 19.9 Å². The van der Waals surface area contributed by atoms with Gasteiger partial charge in [0.05, 0.1) is 30.5 Å². The molecule has 30 heavy (non-hydrogen) atoms. The summed E-state index contributed by atoms with van der Waals surface area (Å²) < 4.78 is 28.7. The number of aromatic nitrogens is 1. The molecule has 0 bridgehead atoms. The summed E-state index contributed by atoms with van der Waals surface area (Å²) in [6.45, 7) is -0.284. The Balaban J connectivity index is 1.87. The summed E-state index contributed by atoms with van der Waals surface area (Å²) in [7, 11) is -2.37. The van der Waals surface area contributed by atoms with Crippen LogP contribution < -0.4 is 9.62 Å². The number of carbonyl (C=O) groups is 1. The van der Waals surface area contributed by atoms with Gasteiger partial charge in [-0.25, -0.2) is 12.7 Å². The van der Waals surface area contributed by atoms with Crippen LogP contribution in [0.1, 0.15) is 22.5 Å². The number of hydrogen-bond donors (Lipinski definition) is 3. The van der Waals surface area contributed by atoms with E-state index in [0.717, 1.165) is 22.4 Å². The maximum Gasteiger partial charge on any atom is 0.311 e. The highest BCUT2D eigenvalue weighted by atomic mass is 32.2. The van der Waals surface area contributed by atoms with Gasteiger partial charge in [-0.15, -0.1) is 0 Å². The predicted octanol–water partition coefficient (Wildman–Crippen LogP) is 0.295. The van der Waals surface area contributed by atoms with Crippen molar-refractivity contribution in [2.24, 2.45) is 5.92 Å². The maximum atomic E-state index is 12.1. The molecule has 10 nitrogen and oxygen atoms in total. The number of amides is 1. The van der Waals surface area contributed by atoms with Gasteiger partial charge in [-0.05, 0) is 18.4 Å². The van der Waals surface area contributed by atoms with E-state index in [2.05, 4.69) is 16.4 Å². The molecular formula is C19H24N4O6S. The van der Waals surface area contributed by atoms with Crippen LogP contribution in [0.2, 0.25) is 0 Å². The molecule has 1 amide bonds. The Bertz CT molecular complexity index is 986. The molecule has 3 N–H and O–H groups in total. The fraction of sp³-hybridized carbons (Fsp3) is 0.421. The first-order valence-electron chi connectivity index (χ1n) is 9.09. The lowest BCUT2D eigenvalue weighted by atomic mass is 9.93. The molecule has 1 heterocycles. The van der Waals surface area contributed by atoms with Crippen molar-refractivity contribution in [1.29, 1.82) is 5.26 Å². The minimum Gasteiger partial charge on any atom is -0.430 e. The van der Waals surface area contributed by atoms with Crippen LogP contribution in [0, 0.1) is 17.2 Å². The van der Waals surface area contributed by atoms with Gasteiger partial charge in [-0.2, -0.15) is 10.2 Å². The van der Waals surface area contributed by atoms with Crippen molar-refractivity contribution in [3.8, 4) is 6.07 Å². The van der Waals surface area contributed by atoms with Crippen molar-refractivity contribution in [3.05, 3.63) is 47.9 Å². The number of benzene rings is 1. The molecule has 3 unspecified atom stereocenters. The summed E-state index contributed by atoms with van der Waals surface area (Å²) >= 11 is 0. The number of nitrogens with zero attached hydrogens (tertiary/aromatic N) is 3. The summed E-state index contributed by atoms with van der Waals surface area (Å²) in [6, 6.07) is 11.2. The lowest BCUT2D eigenvalue weighted by molar-refractivity contribution is 0.00986. The highest BCUT2D eigenvalue weighted by Gasteiger charge is 2.24. The number of nitrogens with one attached hydrogen (secondary N) is 1. The van der Waals surface area contributed by atoms with Crippen LogP contribution >= 0.6 is 0 Å². The van der Waals surface area contributed by atoms with Crippen LogP contribution in [0.3, 0.4) is 0 Å². The molecule has 2 aromatic rings. The molecular weight excluding hydrogens is 412 g/mol. The van der Waals surface area contributed by atoms with E-state index in [1.165, 1.54) is 7.05 Å². The van der Waals surface area contributed by atoms with E-state index in [9.17, 15) is 28.7 Å². The molecule has 0 radical (unpaired) electrons. The molecule has 0 saturated heterocycles. The third kappa shape index (κ3) is 6.55. The van der Waals surface area contributed by atoms with E-state index >= 15 is 0 Å². The Morgan fingerprint density at radius 1 is 1.30 bits per heavy atom. The second kappa shape index (κ2) is 10.2. The fourth-order valence-electron chi connectivity index (χ4n) is 2.61. The van der Waals surface area contributed by atoms with E-state index in [4.69, 9.17) is 4.42 Å². The van der Waals surface area contributed by atoms with Crippen molar-refractivity contribution in [1.82, 2.24) is 10.3 Å². The van der Waals surface area contributed by atoms with E-state index in [1.54, 1.807) is 0 Å². The number of aliphatic hydroxyl groups is 2. The van der Waals surface area contributed by atoms with Gasteiger partial charge in [-0.3, -0.25) is 4.79 Å². The van der Waals surface area contributed by atoms with Crippen LogP contribution in [-0.2, 0) is 16.4 Å². The number of nitriles is 1. The Hall–Kier alpha value is -2.94. The second-order valence-electron chi connectivity index (χ2n) is 6.84. The molecule has 162 valence electrons. The Kier molecular flexibility index (Phi) is 7.93. The largest absolute Gasteiger partial charge is 0.430 e. The number of rotatable bonds is 10. The van der Waals surface area contributed by atoms with E-state index in [0.29, 0.717) is 6.42 Å². The van der Waals surface area contributed by atoms with Crippen molar-refractivity contribution in [2.75, 3.05) is 24.2 Å². The predicted molar refractivity (Wildman–Crippen MR) is 108 cm³/mol. The van der Waals surface area contributed by atoms with Crippen molar-refractivity contribution in [2.45, 2.75) is 25.0 Å². The van der Waals surface area contributed by atoms with Crippen LogP contribution in [0.4, 0.5) is 6.01 Å². The van der Waals surface area contributed by atoms with E-state index < -0.39 is 34.1 Å². The lowest BCUT2D eigenvalue weighted by Crippen LogP contribution is -2.40. The summed E-state index contributed by atoms with van der Waals surface area (Å²) in [5.74, 6) is -1.21. The third-order valence-corrected chi connectivity index (χ3v) is 5.59. The van der Waals surface area contributed by atoms with Crippen LogP contribution in [0.5, 0.6) is 0 Å². The minimum atomic E-state index is -3.60. The van der Waals surface area contributed by atoms with E-state index in [1.807, 2.05) is 30.3 Å². The molecule has 0 aliphatic rings. The smallest absolute Gasteiger partial charge is 0.311 e. The molecule has 1 aromatic heterocycles. The van der Waals surface area contributed by atoms with Crippen LogP contribution in [-0.4, -0.2) is 61.6 Å². The van der Waals surface area contributed by atoms with Crippen molar-refractivity contribution in [3.63, 3.8) is 0 Å². The van der Waals surface area contributed by atoms with Gasteiger partial charge in [0.2, 0.25) is 10.0 Å². The number of anilines is 1. The molecule has 11 heteroatoms. The summed E-state index contributed by atoms with van der Waals surface area (Å²) in [5.41, 5.74) is 0.765. The van der Waals surface area contributed by atoms with Crippen LogP contribution in [0.25, 0.3) is 0 Å². The molecule has 1 aromatic carbocycles. The molecule has 3 atom stereocenters. The zero-order valence-electron chi connectivity index (χ0n) is 16.6. The van der Waals surface area contributed by atoms with Gasteiger partial charge in [-0.1, -0.05) is 30.3 Å². The first-order chi connectivity index (χ1) is 14.1. The topological polar surface area (TPSA) is 157 Å². The molecule has 0 fully saturated rings. The number of aliphatic hydroxyl groups excluding tert-OH is 2. The normalized spacial score (nSPS) is 14.4. The number of carbonyl (C=O) groups excluding carboxylic acids is 1. The third-order valence-electron chi connectivity index (χ3n) is 4.44. The standard InChI is InChI=1S/C19H24N4O6S/c1-23(30(2,27)28)19-22-15(12-29-19)18(26)21-11-17(25)16(24)9-14(10-20)8-13-6-4-3-5-7-13/h3-7,12,14,16-17,24-25H,8-9,11H2,1-2H3,(H,21,26). The number of oxazole rings is 1. The van der Waals surface area contributed by atoms with Gasteiger partial charge in [0.1, 0.15) is 6.26 Å². The minimum absolute atomic E-state index is 0.0374. The van der Waals surface area contributed by atoms with Crippen molar-refractivity contribution < 1.29 is 27.8 Å². The summed E-state index contributed by atoms with van der Waals surface area (Å²) in [6.07, 6.45) is -0.103. The molecule has 0 aliphatic heterocycles. The number of sulfonamides is 1. The average molecular weight is 436 g/mol. The highest BCUT2D eigenvalue weighted by Crippen LogP contribution is 2.16. The van der Waals surface area contributed by atoms with Crippen LogP contribution in [0.15, 0.2) is 41.0 Å². The highest BCUT2D eigenvalue weighted by molar-refractivity contribution is 7.92. The first kappa shape index (κ1) is 23.3. The molecule has 0 aliphatic carbocycles. The zero-order valence-corrected chi connectivity index (χ0v) is 17.4. The molecule has 2 rings (SSSR count). The van der Waals surface area contributed by atoms with Crippen molar-refractivity contribution >= 4 is 21.9 Å². The van der Waals surface area contributed by atoms with Gasteiger partial charge >= 0.3 is 6.01 Å². The summed E-state index contributed by atoms with van der Waals surface area (Å²) in [5, 5.41) is 32.0.